The summed E-state index contributed by atoms with van der Waals surface area (Å²) in [5.41, 5.74) is 4.14. The molecular formula is C6H11N3. The first-order valence-corrected chi connectivity index (χ1v) is 3.09. The van der Waals surface area contributed by atoms with E-state index in [0.29, 0.717) is 0 Å². The van der Waals surface area contributed by atoms with Crippen LogP contribution in [0.5, 0.6) is 0 Å². The van der Waals surface area contributed by atoms with E-state index in [1.54, 1.807) is 11.0 Å². The second-order valence-electron chi connectivity index (χ2n) is 1.81. The fourth-order valence-electron chi connectivity index (χ4n) is 0.800. The van der Waals surface area contributed by atoms with Gasteiger partial charge in [0.2, 0.25) is 0 Å². The Hall–Kier alpha value is -0.990. The molecule has 0 fully saturated rings. The largest absolute Gasteiger partial charge is 0.313 e. The van der Waals surface area contributed by atoms with Gasteiger partial charge >= 0.3 is 0 Å². The molecule has 0 aliphatic heterocycles. The van der Waals surface area contributed by atoms with Gasteiger partial charge in [0.15, 0.2) is 0 Å². The van der Waals surface area contributed by atoms with Gasteiger partial charge in [-0.15, -0.1) is 0 Å². The van der Waals surface area contributed by atoms with Crippen LogP contribution >= 0.6 is 0 Å². The van der Waals surface area contributed by atoms with Gasteiger partial charge < -0.3 is 5.43 Å². The molecule has 0 bridgehead atoms. The molecular weight excluding hydrogens is 114 g/mol. The molecule has 1 N–H and O–H groups in total. The molecule has 0 unspecified atom stereocenters. The maximum atomic E-state index is 4.01. The van der Waals surface area contributed by atoms with Crippen LogP contribution in [0.1, 0.15) is 12.6 Å². The third-order valence-corrected chi connectivity index (χ3v) is 1.30. The van der Waals surface area contributed by atoms with Crippen LogP contribution in [0.15, 0.2) is 12.3 Å². The Kier molecular flexibility index (Phi) is 1.72. The highest BCUT2D eigenvalue weighted by Crippen LogP contribution is 1.94. The average Bonchev–Trinajstić information content (AvgIpc) is 2.33. The molecule has 0 amide bonds. The van der Waals surface area contributed by atoms with E-state index >= 15 is 0 Å². The van der Waals surface area contributed by atoms with Gasteiger partial charge in [-0.05, 0) is 12.5 Å². The van der Waals surface area contributed by atoms with Crippen molar-refractivity contribution in [3.63, 3.8) is 0 Å². The Morgan fingerprint density at radius 1 is 1.78 bits per heavy atom. The zero-order valence-corrected chi connectivity index (χ0v) is 5.76. The number of hydrogen-bond donors (Lipinski definition) is 1. The van der Waals surface area contributed by atoms with Crippen LogP contribution in [0.3, 0.4) is 0 Å². The van der Waals surface area contributed by atoms with Crippen LogP contribution in [0, 0.1) is 0 Å². The molecule has 1 heterocycles. The van der Waals surface area contributed by atoms with Crippen molar-refractivity contribution < 1.29 is 0 Å². The molecule has 50 valence electrons. The minimum Gasteiger partial charge on any atom is -0.313 e. The van der Waals surface area contributed by atoms with Crippen LogP contribution in [-0.2, 0) is 6.42 Å². The highest BCUT2D eigenvalue weighted by atomic mass is 15.5. The maximum absolute atomic E-state index is 4.01. The molecule has 0 spiro atoms. The first kappa shape index (κ1) is 6.13. The highest BCUT2D eigenvalue weighted by Gasteiger charge is 1.93. The van der Waals surface area contributed by atoms with Crippen LogP contribution in [0.2, 0.25) is 0 Å². The average molecular weight is 125 g/mol. The lowest BCUT2D eigenvalue weighted by molar-refractivity contribution is 0.732. The van der Waals surface area contributed by atoms with E-state index in [9.17, 15) is 0 Å². The van der Waals surface area contributed by atoms with Gasteiger partial charge in [0.1, 0.15) is 0 Å². The molecule has 0 saturated carbocycles. The Morgan fingerprint density at radius 3 is 3.00 bits per heavy atom. The Labute approximate surface area is 54.7 Å². The van der Waals surface area contributed by atoms with Crippen molar-refractivity contribution in [1.29, 1.82) is 0 Å². The molecule has 1 rings (SSSR count). The molecule has 3 heteroatoms. The number of nitrogens with zero attached hydrogens (tertiary/aromatic N) is 2. The van der Waals surface area contributed by atoms with Gasteiger partial charge in [-0.1, -0.05) is 6.92 Å². The van der Waals surface area contributed by atoms with Crippen molar-refractivity contribution in [2.75, 3.05) is 12.5 Å². The van der Waals surface area contributed by atoms with Crippen molar-refractivity contribution in [3.8, 4) is 0 Å². The minimum absolute atomic E-state index is 1.01. The van der Waals surface area contributed by atoms with Crippen molar-refractivity contribution in [3.05, 3.63) is 18.0 Å². The minimum atomic E-state index is 1.01. The SMILES string of the molecule is CCc1ccnn1NC. The molecule has 0 aromatic carbocycles. The maximum Gasteiger partial charge on any atom is 0.0616 e. The predicted molar refractivity (Wildman–Crippen MR) is 36.9 cm³/mol. The highest BCUT2D eigenvalue weighted by molar-refractivity contribution is 5.00. The van der Waals surface area contributed by atoms with Gasteiger partial charge in [0.25, 0.3) is 0 Å². The molecule has 0 saturated heterocycles. The molecule has 0 radical (unpaired) electrons. The number of nitrogens with one attached hydrogen (secondary N) is 1. The summed E-state index contributed by atoms with van der Waals surface area (Å²) in [4.78, 5) is 1.76. The third kappa shape index (κ3) is 1.04. The van der Waals surface area contributed by atoms with Crippen molar-refractivity contribution >= 4 is 0 Å². The Morgan fingerprint density at radius 2 is 2.56 bits per heavy atom. The molecule has 0 aliphatic carbocycles. The van der Waals surface area contributed by atoms with Gasteiger partial charge in [-0.2, -0.15) is 9.89 Å². The van der Waals surface area contributed by atoms with E-state index < -0.39 is 0 Å². The zero-order chi connectivity index (χ0) is 6.69. The summed E-state index contributed by atoms with van der Waals surface area (Å²) in [6, 6.07) is 2.00. The van der Waals surface area contributed by atoms with Crippen LogP contribution in [0.25, 0.3) is 0 Å². The topological polar surface area (TPSA) is 29.9 Å². The summed E-state index contributed by atoms with van der Waals surface area (Å²) in [7, 11) is 1.85. The second-order valence-corrected chi connectivity index (χ2v) is 1.81. The van der Waals surface area contributed by atoms with E-state index in [1.165, 1.54) is 5.69 Å². The number of aromatic nitrogens is 2. The smallest absolute Gasteiger partial charge is 0.0616 e. The van der Waals surface area contributed by atoms with Gasteiger partial charge in [-0.3, -0.25) is 0 Å². The molecule has 1 aromatic rings. The quantitative estimate of drug-likeness (QED) is 0.628. The van der Waals surface area contributed by atoms with E-state index in [1.807, 2.05) is 13.1 Å². The van der Waals surface area contributed by atoms with Crippen LogP contribution in [-0.4, -0.2) is 16.9 Å². The summed E-state index contributed by atoms with van der Waals surface area (Å²) in [5.74, 6) is 0. The first-order valence-electron chi connectivity index (χ1n) is 3.09. The molecule has 0 atom stereocenters. The Balaban J connectivity index is 2.85. The Bertz CT molecular complexity index is 162. The number of rotatable bonds is 2. The molecule has 1 aromatic heterocycles. The summed E-state index contributed by atoms with van der Waals surface area (Å²) in [5, 5.41) is 4.01. The summed E-state index contributed by atoms with van der Waals surface area (Å²) in [6.07, 6.45) is 2.80. The lowest BCUT2D eigenvalue weighted by atomic mass is 10.3. The number of hydrogen-bond acceptors (Lipinski definition) is 2. The summed E-state index contributed by atoms with van der Waals surface area (Å²) in [6.45, 7) is 2.10. The van der Waals surface area contributed by atoms with Crippen molar-refractivity contribution in [2.45, 2.75) is 13.3 Å². The summed E-state index contributed by atoms with van der Waals surface area (Å²) < 4.78 is 0. The second kappa shape index (κ2) is 2.53. The fraction of sp³-hybridized carbons (Fsp3) is 0.500. The van der Waals surface area contributed by atoms with Gasteiger partial charge in [-0.25, -0.2) is 0 Å². The van der Waals surface area contributed by atoms with E-state index in [2.05, 4.69) is 17.4 Å². The monoisotopic (exact) mass is 125 g/mol. The lowest BCUT2D eigenvalue weighted by Crippen LogP contribution is -2.13. The fourth-order valence-corrected chi connectivity index (χ4v) is 0.800. The summed E-state index contributed by atoms with van der Waals surface area (Å²) >= 11 is 0. The zero-order valence-electron chi connectivity index (χ0n) is 5.76. The molecule has 3 nitrogen and oxygen atoms in total. The standard InChI is InChI=1S/C6H11N3/c1-3-6-4-5-8-9(6)7-2/h4-5,7H,3H2,1-2H3. The van der Waals surface area contributed by atoms with Crippen molar-refractivity contribution in [2.24, 2.45) is 0 Å². The van der Waals surface area contributed by atoms with Crippen LogP contribution < -0.4 is 5.43 Å². The molecule has 9 heavy (non-hydrogen) atoms. The van der Waals surface area contributed by atoms with Crippen LogP contribution in [0.4, 0.5) is 0 Å². The predicted octanol–water partition coefficient (Wildman–Crippen LogP) is 0.619. The molecule has 0 aliphatic rings. The van der Waals surface area contributed by atoms with E-state index in [-0.39, 0.29) is 0 Å². The van der Waals surface area contributed by atoms with Gasteiger partial charge in [0.05, 0.1) is 11.9 Å². The van der Waals surface area contributed by atoms with E-state index in [4.69, 9.17) is 0 Å². The van der Waals surface area contributed by atoms with Gasteiger partial charge in [0, 0.05) is 7.05 Å². The first-order chi connectivity index (χ1) is 4.38. The number of aryl methyl sites for hydroxylation is 1. The third-order valence-electron chi connectivity index (χ3n) is 1.30. The lowest BCUT2D eigenvalue weighted by Gasteiger charge is -2.01. The normalized spacial score (nSPS) is 9.56. The van der Waals surface area contributed by atoms with Crippen molar-refractivity contribution in [1.82, 2.24) is 9.89 Å². The van der Waals surface area contributed by atoms with E-state index in [0.717, 1.165) is 6.42 Å².